The minimum absolute atomic E-state index is 0. The van der Waals surface area contributed by atoms with Crippen molar-refractivity contribution in [2.75, 3.05) is 0 Å². The second-order valence-electron chi connectivity index (χ2n) is 5.20. The number of aromatic nitrogens is 2. The van der Waals surface area contributed by atoms with Crippen LogP contribution in [-0.2, 0) is 21.1 Å². The third-order valence-corrected chi connectivity index (χ3v) is 3.57. The van der Waals surface area contributed by atoms with E-state index in [0.717, 1.165) is 0 Å². The van der Waals surface area contributed by atoms with Gasteiger partial charge >= 0.3 is 21.1 Å². The Hall–Kier alpha value is -2.03. The molecule has 3 nitrogen and oxygen atoms in total. The maximum atomic E-state index is 3.97. The molecular weight excluding hydrogens is 574 g/mol. The minimum atomic E-state index is 0. The zero-order valence-electron chi connectivity index (χ0n) is 14.9. The number of benzene rings is 2. The molecule has 0 aliphatic carbocycles. The van der Waals surface area contributed by atoms with Crippen LogP contribution in [0.2, 0.25) is 0 Å². The fourth-order valence-corrected chi connectivity index (χ4v) is 2.35. The van der Waals surface area contributed by atoms with Gasteiger partial charge in [0.25, 0.3) is 0 Å². The summed E-state index contributed by atoms with van der Waals surface area (Å²) in [4.78, 5) is 7.94. The van der Waals surface area contributed by atoms with Crippen LogP contribution >= 0.6 is 0 Å². The molecule has 0 spiro atoms. The van der Waals surface area contributed by atoms with Gasteiger partial charge < -0.3 is 30.3 Å². The van der Waals surface area contributed by atoms with Gasteiger partial charge in [0.1, 0.15) is 0 Å². The van der Waals surface area contributed by atoms with Gasteiger partial charge in [-0.1, -0.05) is 60.7 Å². The zero-order chi connectivity index (χ0) is 16.5. The van der Waals surface area contributed by atoms with Gasteiger partial charge in [0, 0.05) is 24.8 Å². The van der Waals surface area contributed by atoms with Crippen LogP contribution in [0.15, 0.2) is 110 Å². The van der Waals surface area contributed by atoms with E-state index < -0.39 is 0 Å². The first kappa shape index (κ1) is 28.2. The molecule has 148 valence electrons. The van der Waals surface area contributed by atoms with Crippen molar-refractivity contribution in [3.63, 3.8) is 0 Å². The summed E-state index contributed by atoms with van der Waals surface area (Å²) in [6, 6.07) is 28.6. The zero-order valence-corrected chi connectivity index (χ0v) is 18.6. The summed E-state index contributed by atoms with van der Waals surface area (Å²) in [5.74, 6) is 0. The molecule has 0 unspecified atom stereocenters. The average Bonchev–Trinajstić information content (AvgIpc) is 2.71. The number of hydrogen-bond donors (Lipinski definition) is 0. The number of hydrogen-bond acceptors (Lipinski definition) is 2. The Morgan fingerprint density at radius 2 is 0.643 bits per heavy atom. The molecule has 0 radical (unpaired) electrons. The topological polar surface area (TPSA) is 57.3 Å². The number of rotatable bonds is 2. The third-order valence-electron chi connectivity index (χ3n) is 3.57. The van der Waals surface area contributed by atoms with Crippen LogP contribution < -0.4 is 24.8 Å². The van der Waals surface area contributed by atoms with E-state index in [0.29, 0.717) is 0 Å². The van der Waals surface area contributed by atoms with Gasteiger partial charge in [0.05, 0.1) is 0 Å². The molecule has 4 rings (SSSR count). The smallest absolute Gasteiger partial charge is 1.00 e. The normalized spacial score (nSPS) is 8.29. The summed E-state index contributed by atoms with van der Waals surface area (Å²) in [6.07, 6.45) is 7.23. The molecule has 0 amide bonds. The van der Waals surface area contributed by atoms with Crippen LogP contribution in [0.1, 0.15) is 0 Å². The maximum Gasteiger partial charge on any atom is 2.00 e. The van der Waals surface area contributed by atoms with E-state index >= 15 is 0 Å². The molecule has 2 aromatic carbocycles. The SMILES string of the molecule is O.[Cl-].[Cl-].[Pt+2].c1ccc(-c2ccncc2)cc1.c1ccc(-c2ccncc2)cc1. The standard InChI is InChI=1S/2C11H9N.2ClH.H2O.Pt/c2*1-2-4-10(5-3-1)11-6-8-12-9-7-11;;;;/h2*1-9H;2*1H;1H2;/q;;;;;+2/p-2. The summed E-state index contributed by atoms with van der Waals surface area (Å²) < 4.78 is 0. The van der Waals surface area contributed by atoms with E-state index in [1.54, 1.807) is 0 Å². The summed E-state index contributed by atoms with van der Waals surface area (Å²) >= 11 is 0. The van der Waals surface area contributed by atoms with Crippen molar-refractivity contribution in [1.82, 2.24) is 9.97 Å². The van der Waals surface area contributed by atoms with Crippen molar-refractivity contribution in [2.45, 2.75) is 0 Å². The van der Waals surface area contributed by atoms with Crippen molar-refractivity contribution in [3.05, 3.63) is 110 Å². The van der Waals surface area contributed by atoms with Crippen LogP contribution in [0.4, 0.5) is 0 Å². The number of pyridine rings is 2. The molecular formula is C22H20Cl2N2OPt. The van der Waals surface area contributed by atoms with Crippen molar-refractivity contribution in [1.29, 1.82) is 0 Å². The summed E-state index contributed by atoms with van der Waals surface area (Å²) in [7, 11) is 0. The van der Waals surface area contributed by atoms with E-state index in [4.69, 9.17) is 0 Å². The molecule has 4 aromatic rings. The first-order valence-corrected chi connectivity index (χ1v) is 7.84. The van der Waals surface area contributed by atoms with Gasteiger partial charge in [0.15, 0.2) is 0 Å². The van der Waals surface area contributed by atoms with Crippen molar-refractivity contribution < 1.29 is 51.4 Å². The fraction of sp³-hybridized carbons (Fsp3) is 0. The van der Waals surface area contributed by atoms with Gasteiger partial charge in [-0.15, -0.1) is 0 Å². The predicted octanol–water partition coefficient (Wildman–Crippen LogP) is -1.32. The predicted molar refractivity (Wildman–Crippen MR) is 103 cm³/mol. The first-order valence-electron chi connectivity index (χ1n) is 7.84. The molecule has 0 atom stereocenters. The fourth-order valence-electron chi connectivity index (χ4n) is 2.35. The molecule has 0 saturated carbocycles. The molecule has 0 aliphatic heterocycles. The Balaban J connectivity index is 0. The van der Waals surface area contributed by atoms with Crippen LogP contribution in [0, 0.1) is 0 Å². The van der Waals surface area contributed by atoms with E-state index in [9.17, 15) is 0 Å². The van der Waals surface area contributed by atoms with Gasteiger partial charge in [-0.25, -0.2) is 0 Å². The molecule has 2 aromatic heterocycles. The van der Waals surface area contributed by atoms with Crippen LogP contribution in [0.5, 0.6) is 0 Å². The van der Waals surface area contributed by atoms with E-state index in [1.165, 1.54) is 22.3 Å². The van der Waals surface area contributed by atoms with Crippen LogP contribution in [-0.4, -0.2) is 15.4 Å². The Morgan fingerprint density at radius 1 is 0.393 bits per heavy atom. The van der Waals surface area contributed by atoms with Crippen molar-refractivity contribution in [3.8, 4) is 22.3 Å². The average molecular weight is 594 g/mol. The van der Waals surface area contributed by atoms with E-state index in [2.05, 4.69) is 34.2 Å². The Labute approximate surface area is 192 Å². The summed E-state index contributed by atoms with van der Waals surface area (Å²) in [6.45, 7) is 0. The van der Waals surface area contributed by atoms with Gasteiger partial charge in [-0.3, -0.25) is 9.97 Å². The third kappa shape index (κ3) is 8.77. The van der Waals surface area contributed by atoms with Crippen molar-refractivity contribution >= 4 is 0 Å². The Morgan fingerprint density at radius 3 is 0.929 bits per heavy atom. The van der Waals surface area contributed by atoms with Crippen molar-refractivity contribution in [2.24, 2.45) is 0 Å². The Bertz CT molecular complexity index is 702. The van der Waals surface area contributed by atoms with Crippen LogP contribution in [0.25, 0.3) is 22.3 Å². The van der Waals surface area contributed by atoms with E-state index in [-0.39, 0.29) is 51.4 Å². The van der Waals surface area contributed by atoms with Gasteiger partial charge in [-0.2, -0.15) is 0 Å². The number of nitrogens with zero attached hydrogens (tertiary/aromatic N) is 2. The van der Waals surface area contributed by atoms with Gasteiger partial charge in [-0.05, 0) is 46.5 Å². The largest absolute Gasteiger partial charge is 2.00 e. The molecule has 0 bridgehead atoms. The number of halogens is 2. The molecule has 0 fully saturated rings. The second kappa shape index (κ2) is 16.0. The van der Waals surface area contributed by atoms with Gasteiger partial charge in [0.2, 0.25) is 0 Å². The first-order chi connectivity index (χ1) is 11.9. The molecule has 0 saturated heterocycles. The molecule has 2 N–H and O–H groups in total. The summed E-state index contributed by atoms with van der Waals surface area (Å²) in [5.41, 5.74) is 4.90. The second-order valence-corrected chi connectivity index (χ2v) is 5.20. The quantitative estimate of drug-likeness (QED) is 0.290. The maximum absolute atomic E-state index is 3.97. The summed E-state index contributed by atoms with van der Waals surface area (Å²) in [5, 5.41) is 0. The minimum Gasteiger partial charge on any atom is -1.00 e. The molecule has 6 heteroatoms. The monoisotopic (exact) mass is 593 g/mol. The van der Waals surface area contributed by atoms with E-state index in [1.807, 2.05) is 85.5 Å². The molecule has 2 heterocycles. The molecule has 0 aliphatic rings. The Kier molecular flexibility index (Phi) is 16.1. The van der Waals surface area contributed by atoms with Crippen LogP contribution in [0.3, 0.4) is 0 Å². The molecule has 28 heavy (non-hydrogen) atoms.